The lowest BCUT2D eigenvalue weighted by Crippen LogP contribution is -2.41. The first-order chi connectivity index (χ1) is 7.59. The maximum atomic E-state index is 11.2. The molecule has 1 fully saturated rings. The molecule has 3 N–H and O–H groups in total. The van der Waals surface area contributed by atoms with E-state index in [1.807, 2.05) is 13.8 Å². The van der Waals surface area contributed by atoms with Crippen molar-refractivity contribution in [2.45, 2.75) is 19.9 Å². The molecule has 1 aliphatic rings. The summed E-state index contributed by atoms with van der Waals surface area (Å²) in [4.78, 5) is 24.1. The first kappa shape index (κ1) is 12.8. The lowest BCUT2D eigenvalue weighted by atomic mass is 10.4. The highest BCUT2D eigenvalue weighted by atomic mass is 16.2. The van der Waals surface area contributed by atoms with Crippen LogP contribution in [0.3, 0.4) is 0 Å². The Morgan fingerprint density at radius 3 is 2.88 bits per heavy atom. The average molecular weight is 228 g/mol. The van der Waals surface area contributed by atoms with Crippen LogP contribution in [0.15, 0.2) is 0 Å². The number of carbonyl (C=O) groups excluding carboxylic acids is 2. The van der Waals surface area contributed by atoms with Crippen molar-refractivity contribution >= 4 is 11.9 Å². The van der Waals surface area contributed by atoms with Crippen molar-refractivity contribution in [3.05, 3.63) is 0 Å². The van der Waals surface area contributed by atoms with Crippen LogP contribution in [0, 0.1) is 0 Å². The van der Waals surface area contributed by atoms with Crippen LogP contribution in [0.25, 0.3) is 0 Å². The number of carbonyl (C=O) groups is 2. The van der Waals surface area contributed by atoms with E-state index < -0.39 is 0 Å². The van der Waals surface area contributed by atoms with Gasteiger partial charge >= 0.3 is 6.03 Å². The molecule has 0 spiro atoms. The summed E-state index contributed by atoms with van der Waals surface area (Å²) in [5.74, 6) is -0.0131. The molecule has 0 saturated carbocycles. The summed E-state index contributed by atoms with van der Waals surface area (Å²) >= 11 is 0. The van der Waals surface area contributed by atoms with E-state index in [0.29, 0.717) is 26.2 Å². The van der Waals surface area contributed by atoms with Crippen molar-refractivity contribution < 1.29 is 9.59 Å². The number of hydrogen-bond donors (Lipinski definition) is 3. The summed E-state index contributed by atoms with van der Waals surface area (Å²) in [6.07, 6.45) is 0. The molecule has 1 rings (SSSR count). The Morgan fingerprint density at radius 2 is 2.31 bits per heavy atom. The molecule has 1 saturated heterocycles. The largest absolute Gasteiger partial charge is 0.353 e. The minimum Gasteiger partial charge on any atom is -0.353 e. The highest BCUT2D eigenvalue weighted by Crippen LogP contribution is 1.94. The Morgan fingerprint density at radius 1 is 1.56 bits per heavy atom. The average Bonchev–Trinajstić information content (AvgIpc) is 2.58. The quantitative estimate of drug-likeness (QED) is 0.517. The van der Waals surface area contributed by atoms with E-state index in [1.165, 1.54) is 0 Å². The third-order valence-corrected chi connectivity index (χ3v) is 2.24. The first-order valence-electron chi connectivity index (χ1n) is 5.62. The molecule has 0 aromatic heterocycles. The van der Waals surface area contributed by atoms with Gasteiger partial charge in [-0.3, -0.25) is 4.79 Å². The summed E-state index contributed by atoms with van der Waals surface area (Å²) < 4.78 is 0. The summed E-state index contributed by atoms with van der Waals surface area (Å²) in [6.45, 7) is 6.89. The van der Waals surface area contributed by atoms with Gasteiger partial charge in [0.2, 0.25) is 5.91 Å². The third-order valence-electron chi connectivity index (χ3n) is 2.24. The predicted octanol–water partition coefficient (Wildman–Crippen LogP) is -0.874. The van der Waals surface area contributed by atoms with E-state index in [4.69, 9.17) is 0 Å². The van der Waals surface area contributed by atoms with E-state index >= 15 is 0 Å². The van der Waals surface area contributed by atoms with Gasteiger partial charge < -0.3 is 20.9 Å². The van der Waals surface area contributed by atoms with E-state index in [9.17, 15) is 9.59 Å². The van der Waals surface area contributed by atoms with Crippen LogP contribution in [0.1, 0.15) is 13.8 Å². The third kappa shape index (κ3) is 4.48. The lowest BCUT2D eigenvalue weighted by molar-refractivity contribution is -0.120. The topological polar surface area (TPSA) is 73.5 Å². The van der Waals surface area contributed by atoms with Crippen molar-refractivity contribution in [2.75, 3.05) is 32.7 Å². The van der Waals surface area contributed by atoms with Crippen molar-refractivity contribution in [3.8, 4) is 0 Å². The van der Waals surface area contributed by atoms with Gasteiger partial charge in [-0.15, -0.1) is 0 Å². The second-order valence-corrected chi connectivity index (χ2v) is 4.12. The van der Waals surface area contributed by atoms with Crippen LogP contribution < -0.4 is 16.0 Å². The molecule has 0 unspecified atom stereocenters. The van der Waals surface area contributed by atoms with Gasteiger partial charge in [-0.05, 0) is 13.8 Å². The normalized spacial score (nSPS) is 15.4. The highest BCUT2D eigenvalue weighted by molar-refractivity contribution is 5.78. The molecular formula is C10H20N4O2. The molecule has 0 aliphatic carbocycles. The van der Waals surface area contributed by atoms with Crippen LogP contribution >= 0.6 is 0 Å². The number of amides is 3. The van der Waals surface area contributed by atoms with Gasteiger partial charge in [0.1, 0.15) is 0 Å². The number of nitrogens with zero attached hydrogens (tertiary/aromatic N) is 1. The second-order valence-electron chi connectivity index (χ2n) is 4.12. The van der Waals surface area contributed by atoms with Crippen molar-refractivity contribution in [2.24, 2.45) is 0 Å². The van der Waals surface area contributed by atoms with Crippen molar-refractivity contribution in [1.29, 1.82) is 0 Å². The molecule has 0 aromatic rings. The molecule has 0 bridgehead atoms. The lowest BCUT2D eigenvalue weighted by Gasteiger charge is -2.14. The Bertz CT molecular complexity index is 255. The van der Waals surface area contributed by atoms with Crippen LogP contribution in [0.5, 0.6) is 0 Å². The zero-order valence-electron chi connectivity index (χ0n) is 9.88. The van der Waals surface area contributed by atoms with Crippen molar-refractivity contribution in [3.63, 3.8) is 0 Å². The predicted molar refractivity (Wildman–Crippen MR) is 61.1 cm³/mol. The smallest absolute Gasteiger partial charge is 0.317 e. The minimum atomic E-state index is -0.0200. The molecule has 16 heavy (non-hydrogen) atoms. The second kappa shape index (κ2) is 6.32. The molecular weight excluding hydrogens is 208 g/mol. The van der Waals surface area contributed by atoms with Gasteiger partial charge in [0, 0.05) is 32.2 Å². The number of rotatable bonds is 6. The molecule has 6 heteroatoms. The summed E-state index contributed by atoms with van der Waals surface area (Å²) in [6, 6.07) is 0.145. The van der Waals surface area contributed by atoms with Crippen LogP contribution in [-0.4, -0.2) is 55.6 Å². The molecule has 0 radical (unpaired) electrons. The molecule has 92 valence electrons. The summed E-state index contributed by atoms with van der Waals surface area (Å²) in [5, 5.41) is 8.52. The van der Waals surface area contributed by atoms with Crippen LogP contribution in [0.2, 0.25) is 0 Å². The van der Waals surface area contributed by atoms with Gasteiger partial charge in [0.25, 0.3) is 0 Å². The Kier molecular flexibility index (Phi) is 5.04. The Balaban J connectivity index is 2.03. The van der Waals surface area contributed by atoms with Gasteiger partial charge in [-0.1, -0.05) is 0 Å². The fourth-order valence-corrected chi connectivity index (χ4v) is 1.51. The molecule has 1 aliphatic heterocycles. The number of nitrogens with one attached hydrogen (secondary N) is 3. The van der Waals surface area contributed by atoms with E-state index in [1.54, 1.807) is 4.90 Å². The molecule has 1 heterocycles. The highest BCUT2D eigenvalue weighted by Gasteiger charge is 2.18. The zero-order chi connectivity index (χ0) is 12.0. The fraction of sp³-hybridized carbons (Fsp3) is 0.800. The monoisotopic (exact) mass is 228 g/mol. The Hall–Kier alpha value is -1.30. The fourth-order valence-electron chi connectivity index (χ4n) is 1.51. The molecule has 3 amide bonds. The number of hydrogen-bond acceptors (Lipinski definition) is 3. The van der Waals surface area contributed by atoms with E-state index in [-0.39, 0.29) is 18.0 Å². The van der Waals surface area contributed by atoms with Crippen LogP contribution in [0.4, 0.5) is 4.79 Å². The van der Waals surface area contributed by atoms with Gasteiger partial charge in [-0.25, -0.2) is 4.79 Å². The zero-order valence-corrected chi connectivity index (χ0v) is 9.88. The minimum absolute atomic E-state index is 0.0131. The number of urea groups is 1. The SMILES string of the molecule is CC(C)NC(=O)CNCCN1CCNC1=O. The van der Waals surface area contributed by atoms with Gasteiger partial charge in [0.05, 0.1) is 6.54 Å². The summed E-state index contributed by atoms with van der Waals surface area (Å²) in [5.41, 5.74) is 0. The molecule has 0 aromatic carbocycles. The maximum Gasteiger partial charge on any atom is 0.317 e. The van der Waals surface area contributed by atoms with Gasteiger partial charge in [0.15, 0.2) is 0 Å². The molecule has 0 atom stereocenters. The van der Waals surface area contributed by atoms with E-state index in [0.717, 1.165) is 6.54 Å². The molecule has 6 nitrogen and oxygen atoms in total. The van der Waals surface area contributed by atoms with Crippen molar-refractivity contribution in [1.82, 2.24) is 20.9 Å². The summed E-state index contributed by atoms with van der Waals surface area (Å²) in [7, 11) is 0. The van der Waals surface area contributed by atoms with Crippen LogP contribution in [-0.2, 0) is 4.79 Å². The Labute approximate surface area is 95.8 Å². The first-order valence-corrected chi connectivity index (χ1v) is 5.62. The standard InChI is InChI=1S/C10H20N4O2/c1-8(2)13-9(15)7-11-3-5-14-6-4-12-10(14)16/h8,11H,3-7H2,1-2H3,(H,12,16)(H,13,15). The van der Waals surface area contributed by atoms with E-state index in [2.05, 4.69) is 16.0 Å². The maximum absolute atomic E-state index is 11.2. The van der Waals surface area contributed by atoms with Gasteiger partial charge in [-0.2, -0.15) is 0 Å².